The number of anilines is 2. The molecule has 5 aliphatic rings. The minimum atomic E-state index is -4.13. The van der Waals surface area contributed by atoms with E-state index in [1.165, 1.54) is 16.1 Å². The molecule has 66 heavy (non-hydrogen) atoms. The Hall–Kier alpha value is -6.04. The molecule has 3 N–H and O–H groups in total. The number of hydrogen-bond donors (Lipinski definition) is 3. The third-order valence-corrected chi connectivity index (χ3v) is 16.1. The first-order valence-electron chi connectivity index (χ1n) is 23.0. The molecule has 0 aliphatic carbocycles. The number of nitrogens with one attached hydrogen (secondary N) is 3. The lowest BCUT2D eigenvalue weighted by atomic mass is 9.87. The Morgan fingerprint density at radius 3 is 2.38 bits per heavy atom. The Bertz CT molecular complexity index is 2860. The Balaban J connectivity index is 0.731. The number of nitrogens with zero attached hydrogens (tertiary/aromatic N) is 5. The molecule has 7 heterocycles. The fourth-order valence-corrected chi connectivity index (χ4v) is 12.2. The fraction of sp³-hybridized carbons (Fsp3) is 0.408. The second-order valence-electron chi connectivity index (χ2n) is 18.5. The summed E-state index contributed by atoms with van der Waals surface area (Å²) in [7, 11) is -4.13. The summed E-state index contributed by atoms with van der Waals surface area (Å²) in [6.45, 7) is 7.44. The molecule has 4 saturated heterocycles. The van der Waals surface area contributed by atoms with E-state index < -0.39 is 50.8 Å². The van der Waals surface area contributed by atoms with E-state index in [1.54, 1.807) is 24.1 Å². The van der Waals surface area contributed by atoms with E-state index in [4.69, 9.17) is 0 Å². The van der Waals surface area contributed by atoms with Crippen molar-refractivity contribution in [3.63, 3.8) is 0 Å². The molecule has 5 aliphatic heterocycles. The van der Waals surface area contributed by atoms with Crippen LogP contribution in [0.25, 0.3) is 22.2 Å². The summed E-state index contributed by atoms with van der Waals surface area (Å²) in [6.07, 6.45) is 9.26. The number of rotatable bonds is 11. The van der Waals surface area contributed by atoms with Crippen molar-refractivity contribution in [2.75, 3.05) is 48.9 Å². The van der Waals surface area contributed by atoms with Crippen LogP contribution in [0.3, 0.4) is 0 Å². The number of halogens is 2. The minimum absolute atomic E-state index is 0.00796. The molecular formula is C49H52F2N8O6S. The van der Waals surface area contributed by atoms with Gasteiger partial charge in [-0.3, -0.25) is 29.2 Å². The minimum Gasteiger partial charge on any atom is -0.372 e. The first-order chi connectivity index (χ1) is 31.8. The van der Waals surface area contributed by atoms with Crippen LogP contribution >= 0.6 is 0 Å². The summed E-state index contributed by atoms with van der Waals surface area (Å²) in [5.41, 5.74) is 4.56. The first kappa shape index (κ1) is 43.8. The van der Waals surface area contributed by atoms with Crippen molar-refractivity contribution in [1.82, 2.24) is 29.4 Å². The predicted molar refractivity (Wildman–Crippen MR) is 245 cm³/mol. The van der Waals surface area contributed by atoms with Crippen LogP contribution in [0.1, 0.15) is 102 Å². The van der Waals surface area contributed by atoms with Gasteiger partial charge in [-0.05, 0) is 130 Å². The zero-order valence-electron chi connectivity index (χ0n) is 36.7. The van der Waals surface area contributed by atoms with Crippen molar-refractivity contribution in [1.29, 1.82) is 0 Å². The average Bonchev–Trinajstić information content (AvgIpc) is 4.04. The first-order valence-corrected chi connectivity index (χ1v) is 24.4. The summed E-state index contributed by atoms with van der Waals surface area (Å²) in [4.78, 5) is 65.2. The van der Waals surface area contributed by atoms with Gasteiger partial charge in [0.05, 0.1) is 11.3 Å². The maximum absolute atomic E-state index is 15.9. The second kappa shape index (κ2) is 17.6. The van der Waals surface area contributed by atoms with Gasteiger partial charge in [-0.25, -0.2) is 13.8 Å². The van der Waals surface area contributed by atoms with Gasteiger partial charge in [0.2, 0.25) is 17.6 Å². The van der Waals surface area contributed by atoms with Crippen molar-refractivity contribution in [2.24, 2.45) is 5.92 Å². The van der Waals surface area contributed by atoms with E-state index in [2.05, 4.69) is 54.1 Å². The van der Waals surface area contributed by atoms with E-state index >= 15 is 8.78 Å². The highest BCUT2D eigenvalue weighted by molar-refractivity contribution is 7.90. The highest BCUT2D eigenvalue weighted by Gasteiger charge is 2.40. The molecule has 3 amide bonds. The Kier molecular flexibility index (Phi) is 11.7. The Morgan fingerprint density at radius 2 is 1.65 bits per heavy atom. The quantitative estimate of drug-likeness (QED) is 0.0961. The van der Waals surface area contributed by atoms with E-state index in [1.807, 2.05) is 18.2 Å². The summed E-state index contributed by atoms with van der Waals surface area (Å²) in [6, 6.07) is 17.1. The Labute approximate surface area is 381 Å². The number of aromatic nitrogens is 2. The molecule has 0 radical (unpaired) electrons. The molecule has 0 bridgehead atoms. The van der Waals surface area contributed by atoms with Gasteiger partial charge >= 0.3 is 10.2 Å². The molecule has 344 valence electrons. The number of likely N-dealkylation sites (tertiary alicyclic amines) is 1. The highest BCUT2D eigenvalue weighted by atomic mass is 32.2. The summed E-state index contributed by atoms with van der Waals surface area (Å²) >= 11 is 0. The van der Waals surface area contributed by atoms with Crippen LogP contribution in [-0.2, 0) is 26.3 Å². The molecule has 14 nitrogen and oxygen atoms in total. The monoisotopic (exact) mass is 918 g/mol. The van der Waals surface area contributed by atoms with E-state index in [0.717, 1.165) is 92.9 Å². The van der Waals surface area contributed by atoms with E-state index in [9.17, 15) is 27.6 Å². The number of aromatic amines is 1. The van der Waals surface area contributed by atoms with E-state index in [0.29, 0.717) is 54.2 Å². The molecule has 0 spiro atoms. The zero-order chi connectivity index (χ0) is 45.9. The number of fused-ring (bicyclic) bond motifs is 2. The number of amides is 3. The maximum atomic E-state index is 15.9. The largest absolute Gasteiger partial charge is 0.372 e. The lowest BCUT2D eigenvalue weighted by Crippen LogP contribution is -2.52. The zero-order valence-corrected chi connectivity index (χ0v) is 37.5. The van der Waals surface area contributed by atoms with Gasteiger partial charge in [0.25, 0.3) is 5.91 Å². The van der Waals surface area contributed by atoms with Crippen LogP contribution in [-0.4, -0.2) is 107 Å². The normalized spacial score (nSPS) is 21.5. The van der Waals surface area contributed by atoms with Gasteiger partial charge in [0.1, 0.15) is 17.5 Å². The van der Waals surface area contributed by atoms with Gasteiger partial charge in [-0.2, -0.15) is 12.7 Å². The van der Waals surface area contributed by atoms with Crippen molar-refractivity contribution in [3.8, 4) is 11.1 Å². The highest BCUT2D eigenvalue weighted by Crippen LogP contribution is 2.36. The topological polar surface area (TPSA) is 168 Å². The molecule has 4 fully saturated rings. The molecule has 17 heteroatoms. The predicted octanol–water partition coefficient (Wildman–Crippen LogP) is 6.74. The number of ketones is 1. The number of pyridine rings is 1. The summed E-state index contributed by atoms with van der Waals surface area (Å²) < 4.78 is 60.6. The van der Waals surface area contributed by atoms with Crippen molar-refractivity contribution in [3.05, 3.63) is 113 Å². The van der Waals surface area contributed by atoms with Crippen molar-refractivity contribution in [2.45, 2.75) is 82.8 Å². The van der Waals surface area contributed by atoms with Gasteiger partial charge < -0.3 is 19.7 Å². The van der Waals surface area contributed by atoms with Crippen LogP contribution in [0.2, 0.25) is 0 Å². The molecule has 5 aromatic rings. The van der Waals surface area contributed by atoms with Crippen LogP contribution in [0.4, 0.5) is 20.2 Å². The number of imide groups is 1. The van der Waals surface area contributed by atoms with Crippen LogP contribution in [0, 0.1) is 17.6 Å². The van der Waals surface area contributed by atoms with Crippen LogP contribution < -0.4 is 14.9 Å². The standard InChI is InChI=1S/C49H52F2N8O6S/c1-29-3-2-18-59(29)66(64,65)55-41-11-10-40(50)44(45(41)51)46(61)39-26-53-47-38(39)24-34(25-52-47)31-4-7-36(8-5-31)57-21-14-30(15-22-57)27-56-19-16-32(17-20-56)33-6-9-37-35(23-33)28-58(49(37)63)42-12-13-43(60)54-48(42)62/h4-11,23-26,29-30,32,42,55H,2-3,12-22,27-28H2,1H3,(H,52,53)(H,54,60,62)/t29?,42-/m0/s1. The molecule has 10 rings (SSSR count). The Morgan fingerprint density at radius 1 is 0.879 bits per heavy atom. The number of carbonyl (C=O) groups excluding carboxylic acids is 4. The number of hydrogen-bond acceptors (Lipinski definition) is 9. The summed E-state index contributed by atoms with van der Waals surface area (Å²) in [5, 5.41) is 2.75. The van der Waals surface area contributed by atoms with Crippen molar-refractivity contribution >= 4 is 56.1 Å². The van der Waals surface area contributed by atoms with Crippen molar-refractivity contribution < 1.29 is 36.4 Å². The molecule has 0 saturated carbocycles. The average molecular weight is 919 g/mol. The van der Waals surface area contributed by atoms with E-state index in [-0.39, 0.29) is 36.4 Å². The lowest BCUT2D eigenvalue weighted by molar-refractivity contribution is -0.136. The third-order valence-electron chi connectivity index (χ3n) is 14.4. The van der Waals surface area contributed by atoms with Gasteiger partial charge in [0, 0.05) is 85.3 Å². The number of H-pyrrole nitrogens is 1. The molecule has 3 aromatic carbocycles. The number of carbonyl (C=O) groups is 4. The smallest absolute Gasteiger partial charge is 0.301 e. The SMILES string of the molecule is CC1CCCN1S(=O)(=O)Nc1ccc(F)c(C(=O)c2c[nH]c3ncc(-c4ccc(N5CCC(CN6CCC(c7ccc8c(c7)CN([C@H]7CCC(=O)NC7=O)C8=O)CC6)CC5)cc4)cc23)c1F. The molecule has 2 atom stereocenters. The molecular weight excluding hydrogens is 867 g/mol. The van der Waals surface area contributed by atoms with Gasteiger partial charge in [-0.15, -0.1) is 0 Å². The fourth-order valence-electron chi connectivity index (χ4n) is 10.7. The van der Waals surface area contributed by atoms with Crippen LogP contribution in [0.15, 0.2) is 73.1 Å². The second-order valence-corrected chi connectivity index (χ2v) is 20.1. The summed E-state index contributed by atoms with van der Waals surface area (Å²) in [5.74, 6) is -3.13. The van der Waals surface area contributed by atoms with Crippen LogP contribution in [0.5, 0.6) is 0 Å². The lowest BCUT2D eigenvalue weighted by Gasteiger charge is -2.38. The maximum Gasteiger partial charge on any atom is 0.301 e. The molecule has 1 unspecified atom stereocenters. The van der Waals surface area contributed by atoms with Gasteiger partial charge in [-0.1, -0.05) is 24.3 Å². The number of benzene rings is 3. The number of piperidine rings is 3. The molecule has 2 aromatic heterocycles. The van der Waals surface area contributed by atoms with Gasteiger partial charge in [0.15, 0.2) is 5.82 Å². The third kappa shape index (κ3) is 8.36.